The molecule has 1 aromatic carbocycles. The van der Waals surface area contributed by atoms with E-state index >= 15 is 0 Å². The Bertz CT molecular complexity index is 767. The molecule has 0 saturated heterocycles. The van der Waals surface area contributed by atoms with Crippen molar-refractivity contribution in [2.45, 2.75) is 23.4 Å². The number of imidazole rings is 1. The number of hydrogen-bond acceptors (Lipinski definition) is 4. The molecule has 0 fully saturated rings. The van der Waals surface area contributed by atoms with Crippen molar-refractivity contribution in [3.63, 3.8) is 0 Å². The summed E-state index contributed by atoms with van der Waals surface area (Å²) >= 11 is 2.75. The predicted octanol–water partition coefficient (Wildman–Crippen LogP) is 3.93. The maximum Gasteiger partial charge on any atom is 0.194 e. The molecule has 0 spiro atoms. The molecule has 0 amide bonds. The third-order valence-electron chi connectivity index (χ3n) is 2.97. The van der Waals surface area contributed by atoms with Crippen LogP contribution in [-0.2, 0) is 6.54 Å². The SMILES string of the molecule is CCNCc1c(Sc2ccc(F)cc2F)nc2sccn12. The average Bonchev–Trinajstić information content (AvgIpc) is 3.01. The molecular formula is C14H13F2N3S2. The van der Waals surface area contributed by atoms with Crippen LogP contribution in [0, 0.1) is 11.6 Å². The topological polar surface area (TPSA) is 29.3 Å². The Balaban J connectivity index is 1.97. The smallest absolute Gasteiger partial charge is 0.194 e. The van der Waals surface area contributed by atoms with Crippen LogP contribution in [0.15, 0.2) is 39.7 Å². The highest BCUT2D eigenvalue weighted by molar-refractivity contribution is 7.99. The molecule has 3 nitrogen and oxygen atoms in total. The quantitative estimate of drug-likeness (QED) is 0.770. The van der Waals surface area contributed by atoms with Crippen molar-refractivity contribution >= 4 is 28.1 Å². The van der Waals surface area contributed by atoms with E-state index in [1.54, 1.807) is 0 Å². The van der Waals surface area contributed by atoms with Gasteiger partial charge in [0.1, 0.15) is 16.7 Å². The first-order valence-corrected chi connectivity index (χ1v) is 8.16. The maximum atomic E-state index is 13.8. The van der Waals surface area contributed by atoms with Gasteiger partial charge in [0.15, 0.2) is 4.96 Å². The summed E-state index contributed by atoms with van der Waals surface area (Å²) in [6.07, 6.45) is 1.95. The minimum atomic E-state index is -0.574. The number of aromatic nitrogens is 2. The van der Waals surface area contributed by atoms with Gasteiger partial charge in [-0.05, 0) is 18.7 Å². The first-order valence-electron chi connectivity index (χ1n) is 6.47. The van der Waals surface area contributed by atoms with Gasteiger partial charge in [-0.15, -0.1) is 11.3 Å². The van der Waals surface area contributed by atoms with Crippen LogP contribution < -0.4 is 5.32 Å². The molecule has 7 heteroatoms. The summed E-state index contributed by atoms with van der Waals surface area (Å²) in [7, 11) is 0. The van der Waals surface area contributed by atoms with Crippen LogP contribution in [0.3, 0.4) is 0 Å². The molecule has 3 rings (SSSR count). The molecule has 0 aliphatic rings. The van der Waals surface area contributed by atoms with Gasteiger partial charge in [-0.25, -0.2) is 13.8 Å². The third kappa shape index (κ3) is 2.95. The number of nitrogens with zero attached hydrogens (tertiary/aromatic N) is 2. The minimum Gasteiger partial charge on any atom is -0.311 e. The molecule has 21 heavy (non-hydrogen) atoms. The summed E-state index contributed by atoms with van der Waals surface area (Å²) in [5.41, 5.74) is 0.988. The van der Waals surface area contributed by atoms with Gasteiger partial charge < -0.3 is 5.32 Å². The summed E-state index contributed by atoms with van der Waals surface area (Å²) in [6, 6.07) is 3.60. The van der Waals surface area contributed by atoms with Crippen molar-refractivity contribution in [1.29, 1.82) is 0 Å². The number of fused-ring (bicyclic) bond motifs is 1. The fourth-order valence-corrected chi connectivity index (χ4v) is 3.67. The van der Waals surface area contributed by atoms with Crippen LogP contribution in [0.1, 0.15) is 12.6 Å². The van der Waals surface area contributed by atoms with Gasteiger partial charge in [-0.2, -0.15) is 0 Å². The highest BCUT2D eigenvalue weighted by Gasteiger charge is 2.16. The predicted molar refractivity (Wildman–Crippen MR) is 80.9 cm³/mol. The van der Waals surface area contributed by atoms with Gasteiger partial charge in [0.2, 0.25) is 0 Å². The second-order valence-corrected chi connectivity index (χ2v) is 6.28. The molecule has 1 N–H and O–H groups in total. The molecule has 0 radical (unpaired) electrons. The summed E-state index contributed by atoms with van der Waals surface area (Å²) in [5.74, 6) is -1.14. The van der Waals surface area contributed by atoms with Gasteiger partial charge in [-0.3, -0.25) is 4.40 Å². The summed E-state index contributed by atoms with van der Waals surface area (Å²) in [4.78, 5) is 5.77. The number of benzene rings is 1. The van der Waals surface area contributed by atoms with Gasteiger partial charge in [0.05, 0.1) is 5.69 Å². The van der Waals surface area contributed by atoms with Crippen LogP contribution in [0.2, 0.25) is 0 Å². The molecule has 0 aliphatic carbocycles. The summed E-state index contributed by atoms with van der Waals surface area (Å²) < 4.78 is 28.8. The van der Waals surface area contributed by atoms with E-state index in [1.807, 2.05) is 22.9 Å². The van der Waals surface area contributed by atoms with E-state index in [9.17, 15) is 8.78 Å². The number of hydrogen-bond donors (Lipinski definition) is 1. The average molecular weight is 325 g/mol. The van der Waals surface area contributed by atoms with Crippen molar-refractivity contribution in [2.24, 2.45) is 0 Å². The van der Waals surface area contributed by atoms with E-state index in [-0.39, 0.29) is 0 Å². The monoisotopic (exact) mass is 325 g/mol. The molecule has 0 atom stereocenters. The van der Waals surface area contributed by atoms with Gasteiger partial charge in [0.25, 0.3) is 0 Å². The van der Waals surface area contributed by atoms with E-state index in [0.717, 1.165) is 28.3 Å². The molecule has 2 aromatic heterocycles. The zero-order chi connectivity index (χ0) is 14.8. The van der Waals surface area contributed by atoms with Crippen molar-refractivity contribution in [1.82, 2.24) is 14.7 Å². The Labute approximate surface area is 129 Å². The Kier molecular flexibility index (Phi) is 4.23. The lowest BCUT2D eigenvalue weighted by Crippen LogP contribution is -2.13. The molecule has 0 aliphatic heterocycles. The fourth-order valence-electron chi connectivity index (χ4n) is 1.96. The van der Waals surface area contributed by atoms with Crippen molar-refractivity contribution in [2.75, 3.05) is 6.54 Å². The van der Waals surface area contributed by atoms with Gasteiger partial charge in [-0.1, -0.05) is 18.7 Å². The van der Waals surface area contributed by atoms with Gasteiger partial charge >= 0.3 is 0 Å². The summed E-state index contributed by atoms with van der Waals surface area (Å²) in [5, 5.41) is 5.97. The highest BCUT2D eigenvalue weighted by atomic mass is 32.2. The molecular weight excluding hydrogens is 312 g/mol. The van der Waals surface area contributed by atoms with E-state index in [2.05, 4.69) is 10.3 Å². The zero-order valence-corrected chi connectivity index (χ0v) is 12.9. The highest BCUT2D eigenvalue weighted by Crippen LogP contribution is 2.33. The molecule has 0 bridgehead atoms. The zero-order valence-electron chi connectivity index (χ0n) is 11.3. The van der Waals surface area contributed by atoms with E-state index in [0.29, 0.717) is 11.4 Å². The second-order valence-electron chi connectivity index (χ2n) is 4.38. The molecule has 3 aromatic rings. The van der Waals surface area contributed by atoms with Crippen LogP contribution in [0.25, 0.3) is 4.96 Å². The maximum absolute atomic E-state index is 13.8. The Morgan fingerprint density at radius 2 is 2.24 bits per heavy atom. The van der Waals surface area contributed by atoms with E-state index in [4.69, 9.17) is 0 Å². The van der Waals surface area contributed by atoms with Gasteiger partial charge in [0, 0.05) is 29.1 Å². The Morgan fingerprint density at radius 1 is 1.38 bits per heavy atom. The lowest BCUT2D eigenvalue weighted by Gasteiger charge is -2.05. The lowest BCUT2D eigenvalue weighted by molar-refractivity contribution is 0.565. The molecule has 0 saturated carbocycles. The number of rotatable bonds is 5. The van der Waals surface area contributed by atoms with Crippen LogP contribution in [0.4, 0.5) is 8.78 Å². The van der Waals surface area contributed by atoms with Crippen molar-refractivity contribution in [3.05, 3.63) is 47.1 Å². The molecule has 110 valence electrons. The third-order valence-corrected chi connectivity index (χ3v) is 4.80. The standard InChI is InChI=1S/C14H13F2N3S2/c1-2-17-8-11-13(18-14-19(11)5-6-20-14)21-12-4-3-9(15)7-10(12)16/h3-7,17H,2,8H2,1H3. The summed E-state index contributed by atoms with van der Waals surface area (Å²) in [6.45, 7) is 3.52. The largest absolute Gasteiger partial charge is 0.311 e. The Morgan fingerprint density at radius 3 is 3.00 bits per heavy atom. The van der Waals surface area contributed by atoms with Crippen LogP contribution in [-0.4, -0.2) is 15.9 Å². The van der Waals surface area contributed by atoms with E-state index in [1.165, 1.54) is 35.2 Å². The van der Waals surface area contributed by atoms with Crippen LogP contribution in [0.5, 0.6) is 0 Å². The number of nitrogens with one attached hydrogen (secondary N) is 1. The van der Waals surface area contributed by atoms with Crippen molar-refractivity contribution < 1.29 is 8.78 Å². The first kappa shape index (κ1) is 14.5. The Hall–Kier alpha value is -1.44. The van der Waals surface area contributed by atoms with Crippen molar-refractivity contribution in [3.8, 4) is 0 Å². The normalized spacial score (nSPS) is 11.4. The van der Waals surface area contributed by atoms with E-state index < -0.39 is 11.6 Å². The lowest BCUT2D eigenvalue weighted by atomic mass is 10.3. The van der Waals surface area contributed by atoms with Crippen LogP contribution >= 0.6 is 23.1 Å². The fraction of sp³-hybridized carbons (Fsp3) is 0.214. The molecule has 0 unspecified atom stereocenters. The second kappa shape index (κ2) is 6.13. The first-order chi connectivity index (χ1) is 10.2. The minimum absolute atomic E-state index is 0.375. The number of thiazole rings is 1. The molecule has 2 heterocycles. The number of halogens is 2.